The van der Waals surface area contributed by atoms with Crippen LogP contribution in [0.15, 0.2) is 16.6 Å². The van der Waals surface area contributed by atoms with E-state index in [0.717, 1.165) is 19.2 Å². The summed E-state index contributed by atoms with van der Waals surface area (Å²) in [5, 5.41) is 3.14. The molecule has 0 bridgehead atoms. The van der Waals surface area contributed by atoms with Crippen molar-refractivity contribution in [2.75, 3.05) is 40.3 Å². The maximum atomic E-state index is 13.3. The molecule has 102 valence electrons. The Morgan fingerprint density at radius 3 is 2.67 bits per heavy atom. The molecule has 6 heteroatoms. The lowest BCUT2D eigenvalue weighted by atomic mass is 10.3. The molecule has 0 aliphatic rings. The normalized spacial score (nSPS) is 11.0. The summed E-state index contributed by atoms with van der Waals surface area (Å²) in [5.74, 6) is -1.94. The zero-order valence-electron chi connectivity index (χ0n) is 10.5. The molecule has 0 saturated heterocycles. The lowest BCUT2D eigenvalue weighted by Crippen LogP contribution is -2.29. The average molecular weight is 323 g/mol. The van der Waals surface area contributed by atoms with Gasteiger partial charge in [-0.25, -0.2) is 4.39 Å². The van der Waals surface area contributed by atoms with Gasteiger partial charge < -0.3 is 15.0 Å². The smallest absolute Gasteiger partial charge is 0.200 e. The number of nitrogens with one attached hydrogen (secondary N) is 1. The van der Waals surface area contributed by atoms with E-state index in [0.29, 0.717) is 17.6 Å². The molecule has 0 atom stereocenters. The number of benzene rings is 1. The molecule has 18 heavy (non-hydrogen) atoms. The maximum Gasteiger partial charge on any atom is 0.200 e. The predicted octanol–water partition coefficient (Wildman–Crippen LogP) is 2.26. The number of hydrogen-bond acceptors (Lipinski definition) is 3. The summed E-state index contributed by atoms with van der Waals surface area (Å²) in [6, 6.07) is 2.48. The number of ether oxygens (including phenoxy) is 1. The molecule has 0 radical (unpaired) electrons. The summed E-state index contributed by atoms with van der Waals surface area (Å²) in [5.41, 5.74) is 0. The van der Waals surface area contributed by atoms with E-state index in [1.54, 1.807) is 0 Å². The van der Waals surface area contributed by atoms with Crippen LogP contribution in [0.5, 0.6) is 5.75 Å². The zero-order chi connectivity index (χ0) is 13.5. The molecular weight excluding hydrogens is 306 g/mol. The Morgan fingerprint density at radius 1 is 1.28 bits per heavy atom. The molecule has 1 aromatic carbocycles. The molecule has 0 aromatic heterocycles. The number of rotatable bonds is 7. The lowest BCUT2D eigenvalue weighted by Gasteiger charge is -2.11. The monoisotopic (exact) mass is 322 g/mol. The summed E-state index contributed by atoms with van der Waals surface area (Å²) in [4.78, 5) is 2.05. The largest absolute Gasteiger partial charge is 0.489 e. The summed E-state index contributed by atoms with van der Waals surface area (Å²) >= 11 is 3.09. The highest BCUT2D eigenvalue weighted by molar-refractivity contribution is 9.10. The highest BCUT2D eigenvalue weighted by Crippen LogP contribution is 2.25. The first kappa shape index (κ1) is 15.3. The van der Waals surface area contributed by atoms with E-state index >= 15 is 0 Å². The number of hydrogen-bond donors (Lipinski definition) is 1. The van der Waals surface area contributed by atoms with Crippen molar-refractivity contribution in [3.63, 3.8) is 0 Å². The first-order valence-corrected chi connectivity index (χ1v) is 6.43. The van der Waals surface area contributed by atoms with Gasteiger partial charge in [-0.3, -0.25) is 0 Å². The van der Waals surface area contributed by atoms with Crippen molar-refractivity contribution in [1.29, 1.82) is 0 Å². The third-order valence-corrected chi connectivity index (χ3v) is 2.69. The average Bonchev–Trinajstić information content (AvgIpc) is 2.29. The van der Waals surface area contributed by atoms with Crippen LogP contribution in [-0.4, -0.2) is 45.2 Å². The first-order chi connectivity index (χ1) is 8.50. The van der Waals surface area contributed by atoms with Crippen LogP contribution in [0.1, 0.15) is 0 Å². The van der Waals surface area contributed by atoms with Crippen LogP contribution in [0.3, 0.4) is 0 Å². The molecule has 0 aliphatic heterocycles. The summed E-state index contributed by atoms with van der Waals surface area (Å²) in [7, 11) is 3.97. The minimum absolute atomic E-state index is 0.0729. The Morgan fingerprint density at radius 2 is 2.00 bits per heavy atom. The van der Waals surface area contributed by atoms with Gasteiger partial charge in [0.1, 0.15) is 6.61 Å². The highest BCUT2D eigenvalue weighted by Gasteiger charge is 2.10. The van der Waals surface area contributed by atoms with E-state index in [9.17, 15) is 8.78 Å². The van der Waals surface area contributed by atoms with Crippen LogP contribution in [0.4, 0.5) is 8.78 Å². The topological polar surface area (TPSA) is 24.5 Å². The fourth-order valence-corrected chi connectivity index (χ4v) is 1.71. The summed E-state index contributed by atoms with van der Waals surface area (Å²) in [6.07, 6.45) is 0. The Hall–Kier alpha value is -0.720. The Kier molecular flexibility index (Phi) is 6.52. The molecule has 0 unspecified atom stereocenters. The van der Waals surface area contributed by atoms with Gasteiger partial charge in [0, 0.05) is 24.1 Å². The number of nitrogens with zero attached hydrogens (tertiary/aromatic N) is 1. The van der Waals surface area contributed by atoms with E-state index in [1.165, 1.54) is 6.07 Å². The minimum Gasteiger partial charge on any atom is -0.489 e. The van der Waals surface area contributed by atoms with Crippen LogP contribution >= 0.6 is 15.9 Å². The van der Waals surface area contributed by atoms with Gasteiger partial charge in [-0.05, 0) is 26.2 Å². The molecular formula is C12H17BrF2N2O. The fourth-order valence-electron chi connectivity index (χ4n) is 1.30. The van der Waals surface area contributed by atoms with Gasteiger partial charge in [-0.2, -0.15) is 4.39 Å². The second-order valence-electron chi connectivity index (χ2n) is 4.10. The van der Waals surface area contributed by atoms with E-state index in [1.807, 2.05) is 14.1 Å². The van der Waals surface area contributed by atoms with Gasteiger partial charge in [0.25, 0.3) is 0 Å². The third kappa shape index (κ3) is 5.29. The van der Waals surface area contributed by atoms with Gasteiger partial charge in [0.05, 0.1) is 0 Å². The second kappa shape index (κ2) is 7.66. The fraction of sp³-hybridized carbons (Fsp3) is 0.500. The van der Waals surface area contributed by atoms with Crippen molar-refractivity contribution in [2.24, 2.45) is 0 Å². The Labute approximate surface area is 114 Å². The predicted molar refractivity (Wildman–Crippen MR) is 71.0 cm³/mol. The van der Waals surface area contributed by atoms with Gasteiger partial charge in [0.15, 0.2) is 11.6 Å². The van der Waals surface area contributed by atoms with Crippen molar-refractivity contribution in [1.82, 2.24) is 10.2 Å². The molecule has 1 N–H and O–H groups in total. The molecule has 1 rings (SSSR count). The second-order valence-corrected chi connectivity index (χ2v) is 5.02. The van der Waals surface area contributed by atoms with E-state index in [4.69, 9.17) is 4.74 Å². The summed E-state index contributed by atoms with van der Waals surface area (Å²) in [6.45, 7) is 2.62. The zero-order valence-corrected chi connectivity index (χ0v) is 12.1. The van der Waals surface area contributed by atoms with Crippen molar-refractivity contribution in [2.45, 2.75) is 0 Å². The maximum absolute atomic E-state index is 13.3. The Bertz CT molecular complexity index is 389. The third-order valence-electron chi connectivity index (χ3n) is 2.23. The molecule has 0 spiro atoms. The first-order valence-electron chi connectivity index (χ1n) is 5.63. The van der Waals surface area contributed by atoms with Gasteiger partial charge >= 0.3 is 0 Å². The molecule has 0 heterocycles. The molecule has 0 saturated carbocycles. The SMILES string of the molecule is CN(C)CCNCCOc1cc(Br)cc(F)c1F. The van der Waals surface area contributed by atoms with Crippen LogP contribution < -0.4 is 10.1 Å². The number of likely N-dealkylation sites (N-methyl/N-ethyl adjacent to an activating group) is 1. The van der Waals surface area contributed by atoms with Gasteiger partial charge in [0.2, 0.25) is 5.82 Å². The van der Waals surface area contributed by atoms with Crippen molar-refractivity contribution >= 4 is 15.9 Å². The Balaban J connectivity index is 2.31. The van der Waals surface area contributed by atoms with E-state index < -0.39 is 11.6 Å². The van der Waals surface area contributed by atoms with Crippen LogP contribution in [0.25, 0.3) is 0 Å². The molecule has 3 nitrogen and oxygen atoms in total. The highest BCUT2D eigenvalue weighted by atomic mass is 79.9. The van der Waals surface area contributed by atoms with E-state index in [-0.39, 0.29) is 5.75 Å². The van der Waals surface area contributed by atoms with Crippen LogP contribution in [0, 0.1) is 11.6 Å². The van der Waals surface area contributed by atoms with Crippen LogP contribution in [-0.2, 0) is 0 Å². The van der Waals surface area contributed by atoms with Crippen molar-refractivity contribution < 1.29 is 13.5 Å². The summed E-state index contributed by atoms with van der Waals surface area (Å²) < 4.78 is 32.0. The minimum atomic E-state index is -0.952. The molecule has 0 aliphatic carbocycles. The molecule has 0 fully saturated rings. The van der Waals surface area contributed by atoms with Crippen LogP contribution in [0.2, 0.25) is 0 Å². The van der Waals surface area contributed by atoms with E-state index in [2.05, 4.69) is 26.1 Å². The van der Waals surface area contributed by atoms with Crippen molar-refractivity contribution in [3.05, 3.63) is 28.2 Å². The van der Waals surface area contributed by atoms with Crippen molar-refractivity contribution in [3.8, 4) is 5.75 Å². The lowest BCUT2D eigenvalue weighted by molar-refractivity contribution is 0.289. The molecule has 0 amide bonds. The molecule has 1 aromatic rings. The number of halogens is 3. The quantitative estimate of drug-likeness (QED) is 0.615. The van der Waals surface area contributed by atoms with Gasteiger partial charge in [-0.15, -0.1) is 0 Å². The standard InChI is InChI=1S/C12H17BrF2N2O/c1-17(2)5-3-16-4-6-18-11-8-9(13)7-10(14)12(11)15/h7-8,16H,3-6H2,1-2H3. The van der Waals surface area contributed by atoms with Gasteiger partial charge in [-0.1, -0.05) is 15.9 Å².